The number of ether oxygens (including phenoxy) is 2. The van der Waals surface area contributed by atoms with E-state index >= 15 is 0 Å². The number of likely N-dealkylation sites (N-methyl/N-ethyl adjacent to an activating group) is 1. The summed E-state index contributed by atoms with van der Waals surface area (Å²) in [5.41, 5.74) is 0.893. The fourth-order valence-corrected chi connectivity index (χ4v) is 2.33. The molecule has 106 valence electrons. The van der Waals surface area contributed by atoms with E-state index in [9.17, 15) is 5.11 Å². The van der Waals surface area contributed by atoms with Gasteiger partial charge in [0.2, 0.25) is 0 Å². The molecule has 1 aromatic carbocycles. The molecule has 1 aromatic rings. The Morgan fingerprint density at radius 3 is 3.11 bits per heavy atom. The van der Waals surface area contributed by atoms with E-state index in [1.807, 2.05) is 13.1 Å². The van der Waals surface area contributed by atoms with Crippen molar-refractivity contribution in [2.45, 2.75) is 12.6 Å². The molecule has 0 amide bonds. The number of benzene rings is 1. The van der Waals surface area contributed by atoms with Crippen molar-refractivity contribution in [3.63, 3.8) is 0 Å². The molecule has 0 radical (unpaired) electrons. The lowest BCUT2D eigenvalue weighted by Gasteiger charge is -2.33. The van der Waals surface area contributed by atoms with Crippen LogP contribution in [0.1, 0.15) is 5.56 Å². The average Bonchev–Trinajstić information content (AvgIpc) is 2.42. The third-order valence-electron chi connectivity index (χ3n) is 3.34. The van der Waals surface area contributed by atoms with Crippen LogP contribution in [0.3, 0.4) is 0 Å². The van der Waals surface area contributed by atoms with Gasteiger partial charge in [0.25, 0.3) is 0 Å². The summed E-state index contributed by atoms with van der Waals surface area (Å²) in [7, 11) is 3.56. The van der Waals surface area contributed by atoms with Gasteiger partial charge in [-0.05, 0) is 25.2 Å². The Bertz CT molecular complexity index is 410. The first kappa shape index (κ1) is 14.1. The van der Waals surface area contributed by atoms with E-state index in [-0.39, 0.29) is 6.10 Å². The highest BCUT2D eigenvalue weighted by Crippen LogP contribution is 2.24. The zero-order valence-corrected chi connectivity index (χ0v) is 11.6. The second-order valence-corrected chi connectivity index (χ2v) is 4.78. The molecule has 0 saturated carbocycles. The van der Waals surface area contributed by atoms with E-state index in [0.29, 0.717) is 12.3 Å². The highest BCUT2D eigenvalue weighted by atomic mass is 16.5. The Labute approximate surface area is 114 Å². The molecule has 1 aliphatic rings. The number of methoxy groups -OCH3 is 1. The highest BCUT2D eigenvalue weighted by Gasteiger charge is 2.20. The fraction of sp³-hybridized carbons (Fsp3) is 0.571. The second kappa shape index (κ2) is 6.75. The summed E-state index contributed by atoms with van der Waals surface area (Å²) in [5, 5.41) is 13.0. The van der Waals surface area contributed by atoms with Crippen molar-refractivity contribution < 1.29 is 14.6 Å². The van der Waals surface area contributed by atoms with Gasteiger partial charge in [-0.1, -0.05) is 0 Å². The second-order valence-electron chi connectivity index (χ2n) is 4.78. The molecule has 1 fully saturated rings. The molecule has 2 N–H and O–H groups in total. The Morgan fingerprint density at radius 1 is 1.53 bits per heavy atom. The molecular formula is C14H22N2O3. The standard InChI is InChI=1S/C14H22N2O3/c1-15-8-13-10-16(5-6-19-13)9-11-7-12(18-2)3-4-14(11)17/h3-4,7,13,15,17H,5-6,8-10H2,1-2H3. The van der Waals surface area contributed by atoms with Gasteiger partial charge in [-0.25, -0.2) is 0 Å². The minimum absolute atomic E-state index is 0.214. The molecule has 0 aromatic heterocycles. The number of hydrogen-bond donors (Lipinski definition) is 2. The van der Waals surface area contributed by atoms with Crippen LogP contribution in [0.25, 0.3) is 0 Å². The van der Waals surface area contributed by atoms with E-state index in [1.54, 1.807) is 19.2 Å². The number of phenols is 1. The van der Waals surface area contributed by atoms with Crippen LogP contribution in [0, 0.1) is 0 Å². The molecule has 2 rings (SSSR count). The molecule has 5 nitrogen and oxygen atoms in total. The van der Waals surface area contributed by atoms with Crippen LogP contribution in [-0.2, 0) is 11.3 Å². The average molecular weight is 266 g/mol. The Hall–Kier alpha value is -1.30. The van der Waals surface area contributed by atoms with Crippen LogP contribution in [0.15, 0.2) is 18.2 Å². The van der Waals surface area contributed by atoms with Gasteiger partial charge < -0.3 is 19.9 Å². The third-order valence-corrected chi connectivity index (χ3v) is 3.34. The van der Waals surface area contributed by atoms with Crippen molar-refractivity contribution in [1.82, 2.24) is 10.2 Å². The highest BCUT2D eigenvalue weighted by molar-refractivity contribution is 5.39. The molecular weight excluding hydrogens is 244 g/mol. The Kier molecular flexibility index (Phi) is 5.01. The molecule has 1 heterocycles. The summed E-state index contributed by atoms with van der Waals surface area (Å²) in [5.74, 6) is 1.09. The van der Waals surface area contributed by atoms with Gasteiger partial charge in [0.1, 0.15) is 11.5 Å². The number of phenolic OH excluding ortho intramolecular Hbond substituents is 1. The van der Waals surface area contributed by atoms with Gasteiger partial charge >= 0.3 is 0 Å². The minimum Gasteiger partial charge on any atom is -0.508 e. The summed E-state index contributed by atoms with van der Waals surface area (Å²) < 4.78 is 10.9. The molecule has 0 bridgehead atoms. The largest absolute Gasteiger partial charge is 0.508 e. The SMILES string of the molecule is CNCC1CN(Cc2cc(OC)ccc2O)CCO1. The van der Waals surface area contributed by atoms with Gasteiger partial charge in [0, 0.05) is 31.7 Å². The van der Waals surface area contributed by atoms with Crippen molar-refractivity contribution in [2.75, 3.05) is 40.4 Å². The van der Waals surface area contributed by atoms with Crippen molar-refractivity contribution >= 4 is 0 Å². The van der Waals surface area contributed by atoms with Crippen molar-refractivity contribution in [1.29, 1.82) is 0 Å². The molecule has 19 heavy (non-hydrogen) atoms. The lowest BCUT2D eigenvalue weighted by molar-refractivity contribution is -0.0293. The van der Waals surface area contributed by atoms with Crippen molar-refractivity contribution in [3.8, 4) is 11.5 Å². The Balaban J connectivity index is 2.00. The third kappa shape index (κ3) is 3.83. The zero-order chi connectivity index (χ0) is 13.7. The predicted molar refractivity (Wildman–Crippen MR) is 73.6 cm³/mol. The topological polar surface area (TPSA) is 54.0 Å². The van der Waals surface area contributed by atoms with E-state index in [1.165, 1.54) is 0 Å². The minimum atomic E-state index is 0.214. The van der Waals surface area contributed by atoms with Crippen molar-refractivity contribution in [2.24, 2.45) is 0 Å². The van der Waals surface area contributed by atoms with Crippen LogP contribution >= 0.6 is 0 Å². The van der Waals surface area contributed by atoms with Crippen LogP contribution < -0.4 is 10.1 Å². The predicted octanol–water partition coefficient (Wildman–Crippen LogP) is 0.821. The van der Waals surface area contributed by atoms with Gasteiger partial charge in [0.15, 0.2) is 0 Å². The van der Waals surface area contributed by atoms with Gasteiger partial charge in [0.05, 0.1) is 19.8 Å². The first-order valence-electron chi connectivity index (χ1n) is 6.57. The molecule has 1 saturated heterocycles. The zero-order valence-electron chi connectivity index (χ0n) is 11.6. The van der Waals surface area contributed by atoms with Gasteiger partial charge in [-0.15, -0.1) is 0 Å². The molecule has 1 unspecified atom stereocenters. The van der Waals surface area contributed by atoms with Crippen LogP contribution in [0.5, 0.6) is 11.5 Å². The first-order chi connectivity index (χ1) is 9.22. The van der Waals surface area contributed by atoms with Gasteiger partial charge in [-0.2, -0.15) is 0 Å². The molecule has 0 aliphatic carbocycles. The lowest BCUT2D eigenvalue weighted by atomic mass is 10.1. The van der Waals surface area contributed by atoms with Crippen molar-refractivity contribution in [3.05, 3.63) is 23.8 Å². The molecule has 1 aliphatic heterocycles. The van der Waals surface area contributed by atoms with Gasteiger partial charge in [-0.3, -0.25) is 4.90 Å². The van der Waals surface area contributed by atoms with Crippen LogP contribution in [-0.4, -0.2) is 56.5 Å². The lowest BCUT2D eigenvalue weighted by Crippen LogP contribution is -2.45. The van der Waals surface area contributed by atoms with E-state index in [2.05, 4.69) is 10.2 Å². The normalized spacial score (nSPS) is 20.4. The van der Waals surface area contributed by atoms with E-state index in [0.717, 1.165) is 37.6 Å². The smallest absolute Gasteiger partial charge is 0.120 e. The first-order valence-corrected chi connectivity index (χ1v) is 6.57. The summed E-state index contributed by atoms with van der Waals surface area (Å²) in [4.78, 5) is 2.29. The number of hydrogen-bond acceptors (Lipinski definition) is 5. The summed E-state index contributed by atoms with van der Waals surface area (Å²) in [6, 6.07) is 5.33. The fourth-order valence-electron chi connectivity index (χ4n) is 2.33. The van der Waals surface area contributed by atoms with E-state index in [4.69, 9.17) is 9.47 Å². The quantitative estimate of drug-likeness (QED) is 0.826. The summed E-state index contributed by atoms with van der Waals surface area (Å²) in [6.07, 6.45) is 0.214. The maximum atomic E-state index is 9.90. The number of rotatable bonds is 5. The van der Waals surface area contributed by atoms with Crippen LogP contribution in [0.2, 0.25) is 0 Å². The molecule has 0 spiro atoms. The number of aromatic hydroxyl groups is 1. The number of morpholine rings is 1. The Morgan fingerprint density at radius 2 is 2.37 bits per heavy atom. The monoisotopic (exact) mass is 266 g/mol. The van der Waals surface area contributed by atoms with Crippen LogP contribution in [0.4, 0.5) is 0 Å². The summed E-state index contributed by atoms with van der Waals surface area (Å²) in [6.45, 7) is 4.05. The molecule has 1 atom stereocenters. The number of nitrogens with one attached hydrogen (secondary N) is 1. The maximum absolute atomic E-state index is 9.90. The number of nitrogens with zero attached hydrogens (tertiary/aromatic N) is 1. The summed E-state index contributed by atoms with van der Waals surface area (Å²) >= 11 is 0. The maximum Gasteiger partial charge on any atom is 0.120 e. The molecule has 5 heteroatoms. The van der Waals surface area contributed by atoms with E-state index < -0.39 is 0 Å².